The van der Waals surface area contributed by atoms with E-state index in [1.807, 2.05) is 38.0 Å². The topological polar surface area (TPSA) is 64.7 Å². The first kappa shape index (κ1) is 19.4. The Morgan fingerprint density at radius 2 is 1.33 bits per heavy atom. The van der Waals surface area contributed by atoms with Crippen molar-refractivity contribution in [3.8, 4) is 0 Å². The summed E-state index contributed by atoms with van der Waals surface area (Å²) in [5.74, 6) is -0.251. The average molecular weight is 389 g/mol. The second-order valence-corrected chi connectivity index (χ2v) is 8.78. The molecule has 6 nitrogen and oxygen atoms in total. The first-order valence-electron chi connectivity index (χ1n) is 8.86. The summed E-state index contributed by atoms with van der Waals surface area (Å²) in [4.78, 5) is 4.09. The molecule has 0 unspecified atom stereocenters. The lowest BCUT2D eigenvalue weighted by Gasteiger charge is -2.15. The van der Waals surface area contributed by atoms with Crippen LogP contribution in [0.25, 0.3) is 21.8 Å². The number of nitrogens with zero attached hydrogens (tertiary/aromatic N) is 3. The molecule has 7 heteroatoms. The SMILES string of the molecule is CN(C)c1ccc2cc3ccc(N(C)C)cc3[n+](CCCS(=O)(=O)O)c2c1. The van der Waals surface area contributed by atoms with Gasteiger partial charge >= 0.3 is 0 Å². The Morgan fingerprint density at radius 1 is 0.852 bits per heavy atom. The molecular formula is C20H26N3O3S+. The van der Waals surface area contributed by atoms with E-state index in [1.165, 1.54) is 0 Å². The third-order valence-electron chi connectivity index (χ3n) is 4.74. The Balaban J connectivity index is 2.23. The van der Waals surface area contributed by atoms with Gasteiger partial charge in [0.25, 0.3) is 10.1 Å². The minimum absolute atomic E-state index is 0.251. The van der Waals surface area contributed by atoms with Gasteiger partial charge in [-0.1, -0.05) is 0 Å². The summed E-state index contributed by atoms with van der Waals surface area (Å²) in [7, 11) is 4.01. The van der Waals surface area contributed by atoms with Crippen LogP contribution >= 0.6 is 0 Å². The fraction of sp³-hybridized carbons (Fsp3) is 0.350. The van der Waals surface area contributed by atoms with Gasteiger partial charge in [-0.05, 0) is 30.3 Å². The standard InChI is InChI=1S/C20H25N3O3S/c1-21(2)17-8-6-15-12-16-7-9-18(22(3)4)14-20(16)23(19(15)13-17)10-5-11-27(24,25)26/h6-9,12-14H,5,10-11H2,1-4H3/p+1. The summed E-state index contributed by atoms with van der Waals surface area (Å²) in [6, 6.07) is 14.7. The predicted octanol–water partition coefficient (Wildman–Crippen LogP) is 2.69. The zero-order valence-electron chi connectivity index (χ0n) is 16.2. The summed E-state index contributed by atoms with van der Waals surface area (Å²) in [5, 5.41) is 2.19. The van der Waals surface area contributed by atoms with Crippen LogP contribution in [0.5, 0.6) is 0 Å². The molecule has 2 aromatic carbocycles. The number of fused-ring (bicyclic) bond motifs is 2. The number of benzene rings is 2. The maximum absolute atomic E-state index is 11.2. The van der Waals surface area contributed by atoms with Gasteiger partial charge in [0.2, 0.25) is 11.0 Å². The van der Waals surface area contributed by atoms with E-state index in [9.17, 15) is 8.42 Å². The van der Waals surface area contributed by atoms with Crippen LogP contribution in [-0.2, 0) is 16.7 Å². The highest BCUT2D eigenvalue weighted by Crippen LogP contribution is 2.25. The highest BCUT2D eigenvalue weighted by Gasteiger charge is 2.18. The molecule has 0 aliphatic heterocycles. The van der Waals surface area contributed by atoms with Gasteiger partial charge in [-0.3, -0.25) is 4.55 Å². The van der Waals surface area contributed by atoms with Crippen molar-refractivity contribution in [2.24, 2.45) is 0 Å². The van der Waals surface area contributed by atoms with E-state index < -0.39 is 10.1 Å². The summed E-state index contributed by atoms with van der Waals surface area (Å²) in [5.41, 5.74) is 4.24. The van der Waals surface area contributed by atoms with Crippen LogP contribution in [0.15, 0.2) is 42.5 Å². The van der Waals surface area contributed by atoms with Crippen LogP contribution in [0.4, 0.5) is 11.4 Å². The van der Waals surface area contributed by atoms with Crippen molar-refractivity contribution in [2.75, 3.05) is 43.7 Å². The fourth-order valence-corrected chi connectivity index (χ4v) is 3.77. The second-order valence-electron chi connectivity index (χ2n) is 7.21. The molecule has 0 saturated carbocycles. The molecule has 1 aromatic heterocycles. The van der Waals surface area contributed by atoms with Crippen molar-refractivity contribution >= 4 is 43.3 Å². The Bertz CT molecular complexity index is 1030. The van der Waals surface area contributed by atoms with Crippen molar-refractivity contribution in [1.82, 2.24) is 0 Å². The Kier molecular flexibility index (Phi) is 5.26. The van der Waals surface area contributed by atoms with Crippen LogP contribution in [0, 0.1) is 0 Å². The Labute approximate surface area is 160 Å². The quantitative estimate of drug-likeness (QED) is 0.400. The Hall–Kier alpha value is -2.38. The molecule has 144 valence electrons. The van der Waals surface area contributed by atoms with Crippen molar-refractivity contribution < 1.29 is 17.5 Å². The number of rotatable bonds is 6. The molecule has 0 saturated heterocycles. The molecule has 3 aromatic rings. The van der Waals surface area contributed by atoms with Crippen LogP contribution < -0.4 is 14.4 Å². The lowest BCUT2D eigenvalue weighted by atomic mass is 10.1. The predicted molar refractivity (Wildman–Crippen MR) is 111 cm³/mol. The zero-order chi connectivity index (χ0) is 19.8. The number of hydrogen-bond donors (Lipinski definition) is 1. The van der Waals surface area contributed by atoms with Gasteiger partial charge in [-0.15, -0.1) is 0 Å². The molecule has 0 fully saturated rings. The first-order chi connectivity index (χ1) is 12.7. The summed E-state index contributed by atoms with van der Waals surface area (Å²) in [6.45, 7) is 0.501. The average Bonchev–Trinajstić information content (AvgIpc) is 2.59. The van der Waals surface area contributed by atoms with Crippen LogP contribution in [-0.4, -0.2) is 46.9 Å². The minimum atomic E-state index is -3.97. The third kappa shape index (κ3) is 4.31. The van der Waals surface area contributed by atoms with Gasteiger partial charge in [0, 0.05) is 68.9 Å². The largest absolute Gasteiger partial charge is 0.377 e. The lowest BCUT2D eigenvalue weighted by Crippen LogP contribution is -2.36. The normalized spacial score (nSPS) is 11.9. The number of hydrogen-bond acceptors (Lipinski definition) is 4. The number of aryl methyl sites for hydroxylation is 1. The van der Waals surface area contributed by atoms with Crippen molar-refractivity contribution in [3.05, 3.63) is 42.5 Å². The van der Waals surface area contributed by atoms with Crippen LogP contribution in [0.1, 0.15) is 6.42 Å². The van der Waals surface area contributed by atoms with E-state index in [0.717, 1.165) is 33.2 Å². The molecule has 0 spiro atoms. The molecule has 3 rings (SSSR count). The smallest absolute Gasteiger partial charge is 0.265 e. The van der Waals surface area contributed by atoms with Crippen LogP contribution in [0.2, 0.25) is 0 Å². The van der Waals surface area contributed by atoms with Gasteiger partial charge < -0.3 is 9.80 Å². The van der Waals surface area contributed by atoms with Gasteiger partial charge in [-0.2, -0.15) is 13.0 Å². The maximum Gasteiger partial charge on any atom is 0.265 e. The van der Waals surface area contributed by atoms with E-state index in [2.05, 4.69) is 47.0 Å². The zero-order valence-corrected chi connectivity index (χ0v) is 17.0. The molecule has 1 heterocycles. The minimum Gasteiger partial charge on any atom is -0.377 e. The van der Waals surface area contributed by atoms with Gasteiger partial charge in [-0.25, -0.2) is 0 Å². The Morgan fingerprint density at radius 3 is 1.74 bits per heavy atom. The molecule has 0 amide bonds. The van der Waals surface area contributed by atoms with Crippen molar-refractivity contribution in [1.29, 1.82) is 0 Å². The number of aromatic nitrogens is 1. The number of anilines is 2. The van der Waals surface area contributed by atoms with Crippen molar-refractivity contribution in [3.63, 3.8) is 0 Å². The third-order valence-corrected chi connectivity index (χ3v) is 5.54. The molecule has 0 aliphatic carbocycles. The van der Waals surface area contributed by atoms with E-state index in [1.54, 1.807) is 0 Å². The summed E-state index contributed by atoms with van der Waals surface area (Å²) in [6.07, 6.45) is 0.343. The molecule has 0 radical (unpaired) electrons. The van der Waals surface area contributed by atoms with E-state index in [0.29, 0.717) is 13.0 Å². The molecular weight excluding hydrogens is 362 g/mol. The lowest BCUT2D eigenvalue weighted by molar-refractivity contribution is -0.645. The van der Waals surface area contributed by atoms with Gasteiger partial charge in [0.1, 0.15) is 0 Å². The molecule has 27 heavy (non-hydrogen) atoms. The first-order valence-corrected chi connectivity index (χ1v) is 10.5. The summed E-state index contributed by atoms with van der Waals surface area (Å²) >= 11 is 0. The molecule has 0 bridgehead atoms. The highest BCUT2D eigenvalue weighted by atomic mass is 32.2. The molecule has 0 atom stereocenters. The van der Waals surface area contributed by atoms with E-state index in [4.69, 9.17) is 4.55 Å². The van der Waals surface area contributed by atoms with E-state index >= 15 is 0 Å². The number of pyridine rings is 1. The molecule has 0 aliphatic rings. The monoisotopic (exact) mass is 388 g/mol. The van der Waals surface area contributed by atoms with Gasteiger partial charge in [0.05, 0.1) is 5.75 Å². The molecule has 1 N–H and O–H groups in total. The van der Waals surface area contributed by atoms with Crippen LogP contribution in [0.3, 0.4) is 0 Å². The fourth-order valence-electron chi connectivity index (χ4n) is 3.28. The van der Waals surface area contributed by atoms with Gasteiger partial charge in [0.15, 0.2) is 6.54 Å². The summed E-state index contributed by atoms with van der Waals surface area (Å²) < 4.78 is 33.6. The van der Waals surface area contributed by atoms with E-state index in [-0.39, 0.29) is 5.75 Å². The second kappa shape index (κ2) is 7.32. The van der Waals surface area contributed by atoms with Crippen molar-refractivity contribution in [2.45, 2.75) is 13.0 Å². The maximum atomic E-state index is 11.2. The highest BCUT2D eigenvalue weighted by molar-refractivity contribution is 7.85.